The van der Waals surface area contributed by atoms with Crippen LogP contribution in [0.25, 0.3) is 0 Å². The van der Waals surface area contributed by atoms with E-state index in [1.54, 1.807) is 24.3 Å². The first-order valence-electron chi connectivity index (χ1n) is 9.42. The molecule has 3 N–H and O–H groups in total. The molecule has 1 heterocycles. The highest BCUT2D eigenvalue weighted by Crippen LogP contribution is 2.09. The third kappa shape index (κ3) is 7.41. The number of carbonyl (C=O) groups is 2. The van der Waals surface area contributed by atoms with Gasteiger partial charge in [-0.05, 0) is 30.7 Å². The zero-order valence-electron chi connectivity index (χ0n) is 15.6. The van der Waals surface area contributed by atoms with Crippen molar-refractivity contribution in [2.45, 2.75) is 26.2 Å². The van der Waals surface area contributed by atoms with Crippen molar-refractivity contribution in [3.05, 3.63) is 29.8 Å². The van der Waals surface area contributed by atoms with Gasteiger partial charge in [-0.15, -0.1) is 0 Å². The molecule has 0 unspecified atom stereocenters. The number of benzene rings is 1. The second-order valence-corrected chi connectivity index (χ2v) is 6.38. The van der Waals surface area contributed by atoms with E-state index in [0.29, 0.717) is 24.3 Å². The molecule has 0 bridgehead atoms. The van der Waals surface area contributed by atoms with E-state index in [1.165, 1.54) is 0 Å². The number of amides is 3. The molecule has 26 heavy (non-hydrogen) atoms. The number of morpholine rings is 1. The lowest BCUT2D eigenvalue weighted by molar-refractivity contribution is 0.0383. The van der Waals surface area contributed by atoms with E-state index in [1.807, 2.05) is 0 Å². The Kier molecular flexibility index (Phi) is 8.92. The Hall–Kier alpha value is -2.12. The van der Waals surface area contributed by atoms with Crippen LogP contribution in [0, 0.1) is 0 Å². The van der Waals surface area contributed by atoms with Gasteiger partial charge in [-0.25, -0.2) is 4.79 Å². The second-order valence-electron chi connectivity index (χ2n) is 6.38. The molecule has 2 rings (SSSR count). The molecule has 1 saturated heterocycles. The average Bonchev–Trinajstić information content (AvgIpc) is 2.66. The molecule has 0 saturated carbocycles. The maximum atomic E-state index is 12.2. The summed E-state index contributed by atoms with van der Waals surface area (Å²) in [5, 5.41) is 8.52. The lowest BCUT2D eigenvalue weighted by atomic mass is 10.2. The molecule has 7 nitrogen and oxygen atoms in total. The van der Waals surface area contributed by atoms with E-state index in [-0.39, 0.29) is 11.9 Å². The van der Waals surface area contributed by atoms with E-state index < -0.39 is 0 Å². The first kappa shape index (κ1) is 20.2. The van der Waals surface area contributed by atoms with Crippen molar-refractivity contribution in [3.8, 4) is 0 Å². The SMILES string of the molecule is CCCCCNC(=O)Nc1ccc(C(=O)NCCN2CCOCC2)cc1. The fourth-order valence-electron chi connectivity index (χ4n) is 2.71. The molecular weight excluding hydrogens is 332 g/mol. The minimum absolute atomic E-state index is 0.103. The van der Waals surface area contributed by atoms with Crippen molar-refractivity contribution in [2.24, 2.45) is 0 Å². The third-order valence-corrected chi connectivity index (χ3v) is 4.29. The lowest BCUT2D eigenvalue weighted by Gasteiger charge is -2.26. The predicted octanol–water partition coefficient (Wildman–Crippen LogP) is 2.06. The molecule has 0 radical (unpaired) electrons. The Morgan fingerprint density at radius 1 is 1.04 bits per heavy atom. The molecule has 0 aromatic heterocycles. The van der Waals surface area contributed by atoms with Gasteiger partial charge in [0, 0.05) is 44.0 Å². The van der Waals surface area contributed by atoms with Gasteiger partial charge in [-0.3, -0.25) is 9.69 Å². The van der Waals surface area contributed by atoms with Gasteiger partial charge in [0.2, 0.25) is 0 Å². The van der Waals surface area contributed by atoms with Crippen LogP contribution in [0.1, 0.15) is 36.5 Å². The Morgan fingerprint density at radius 2 is 1.77 bits per heavy atom. The molecule has 7 heteroatoms. The molecule has 1 aromatic rings. The summed E-state index contributed by atoms with van der Waals surface area (Å²) in [7, 11) is 0. The van der Waals surface area contributed by atoms with Crippen molar-refractivity contribution in [1.82, 2.24) is 15.5 Å². The van der Waals surface area contributed by atoms with E-state index in [2.05, 4.69) is 27.8 Å². The number of hydrogen-bond donors (Lipinski definition) is 3. The summed E-state index contributed by atoms with van der Waals surface area (Å²) in [4.78, 5) is 26.2. The van der Waals surface area contributed by atoms with E-state index in [4.69, 9.17) is 4.74 Å². The summed E-state index contributed by atoms with van der Waals surface area (Å²) < 4.78 is 5.30. The zero-order valence-corrected chi connectivity index (χ0v) is 15.6. The summed E-state index contributed by atoms with van der Waals surface area (Å²) in [6, 6.07) is 6.70. The largest absolute Gasteiger partial charge is 0.379 e. The highest BCUT2D eigenvalue weighted by Gasteiger charge is 2.11. The molecular formula is C19H30N4O3. The monoisotopic (exact) mass is 362 g/mol. The molecule has 1 aliphatic rings. The van der Waals surface area contributed by atoms with Crippen LogP contribution in [-0.4, -0.2) is 62.8 Å². The Morgan fingerprint density at radius 3 is 2.46 bits per heavy atom. The fraction of sp³-hybridized carbons (Fsp3) is 0.579. The van der Waals surface area contributed by atoms with Gasteiger partial charge >= 0.3 is 6.03 Å². The zero-order chi connectivity index (χ0) is 18.6. The van der Waals surface area contributed by atoms with Gasteiger partial charge in [0.05, 0.1) is 13.2 Å². The molecule has 1 aromatic carbocycles. The van der Waals surface area contributed by atoms with Crippen LogP contribution in [0.2, 0.25) is 0 Å². The van der Waals surface area contributed by atoms with Gasteiger partial charge in [0.1, 0.15) is 0 Å². The maximum Gasteiger partial charge on any atom is 0.319 e. The number of nitrogens with zero attached hydrogens (tertiary/aromatic N) is 1. The van der Waals surface area contributed by atoms with Crippen molar-refractivity contribution in [2.75, 3.05) is 51.3 Å². The van der Waals surface area contributed by atoms with Gasteiger partial charge in [-0.2, -0.15) is 0 Å². The number of urea groups is 1. The number of ether oxygens (including phenoxy) is 1. The van der Waals surface area contributed by atoms with Gasteiger partial charge in [0.15, 0.2) is 0 Å². The van der Waals surface area contributed by atoms with E-state index in [0.717, 1.165) is 52.1 Å². The highest BCUT2D eigenvalue weighted by atomic mass is 16.5. The summed E-state index contributed by atoms with van der Waals surface area (Å²) in [5.41, 5.74) is 1.25. The first-order valence-corrected chi connectivity index (χ1v) is 9.42. The second kappa shape index (κ2) is 11.5. The Bertz CT molecular complexity index is 556. The number of rotatable bonds is 9. The van der Waals surface area contributed by atoms with Crippen LogP contribution >= 0.6 is 0 Å². The molecule has 1 aliphatic heterocycles. The van der Waals surface area contributed by atoms with Crippen molar-refractivity contribution in [3.63, 3.8) is 0 Å². The van der Waals surface area contributed by atoms with E-state index in [9.17, 15) is 9.59 Å². The number of hydrogen-bond acceptors (Lipinski definition) is 4. The van der Waals surface area contributed by atoms with Crippen LogP contribution in [0.15, 0.2) is 24.3 Å². The number of nitrogens with one attached hydrogen (secondary N) is 3. The lowest BCUT2D eigenvalue weighted by Crippen LogP contribution is -2.41. The van der Waals surface area contributed by atoms with Gasteiger partial charge in [0.25, 0.3) is 5.91 Å². The van der Waals surface area contributed by atoms with Crippen LogP contribution < -0.4 is 16.0 Å². The Balaban J connectivity index is 1.68. The topological polar surface area (TPSA) is 82.7 Å². The van der Waals surface area contributed by atoms with Crippen LogP contribution in [-0.2, 0) is 4.74 Å². The van der Waals surface area contributed by atoms with Crippen molar-refractivity contribution < 1.29 is 14.3 Å². The number of carbonyl (C=O) groups excluding carboxylic acids is 2. The number of unbranched alkanes of at least 4 members (excludes halogenated alkanes) is 2. The highest BCUT2D eigenvalue weighted by molar-refractivity contribution is 5.95. The molecule has 3 amide bonds. The molecule has 0 atom stereocenters. The summed E-state index contributed by atoms with van der Waals surface area (Å²) in [5.74, 6) is -0.103. The maximum absolute atomic E-state index is 12.2. The minimum Gasteiger partial charge on any atom is -0.379 e. The summed E-state index contributed by atoms with van der Waals surface area (Å²) in [6.07, 6.45) is 3.21. The van der Waals surface area contributed by atoms with Crippen LogP contribution in [0.5, 0.6) is 0 Å². The van der Waals surface area contributed by atoms with Crippen LogP contribution in [0.3, 0.4) is 0 Å². The molecule has 0 spiro atoms. The van der Waals surface area contributed by atoms with Gasteiger partial charge in [-0.1, -0.05) is 19.8 Å². The van der Waals surface area contributed by atoms with Crippen molar-refractivity contribution >= 4 is 17.6 Å². The fourth-order valence-corrected chi connectivity index (χ4v) is 2.71. The molecule has 0 aliphatic carbocycles. The predicted molar refractivity (Wildman–Crippen MR) is 103 cm³/mol. The summed E-state index contributed by atoms with van der Waals surface area (Å²) >= 11 is 0. The summed E-state index contributed by atoms with van der Waals surface area (Å²) in [6.45, 7) is 7.58. The first-order chi connectivity index (χ1) is 12.7. The van der Waals surface area contributed by atoms with E-state index >= 15 is 0 Å². The Labute approximate surface area is 155 Å². The minimum atomic E-state index is -0.219. The third-order valence-electron chi connectivity index (χ3n) is 4.29. The molecule has 144 valence electrons. The van der Waals surface area contributed by atoms with Gasteiger partial charge < -0.3 is 20.7 Å². The number of anilines is 1. The quantitative estimate of drug-likeness (QED) is 0.587. The van der Waals surface area contributed by atoms with Crippen LogP contribution in [0.4, 0.5) is 10.5 Å². The molecule has 1 fully saturated rings. The normalized spacial score (nSPS) is 14.7. The standard InChI is InChI=1S/C19H30N4O3/c1-2-3-4-9-21-19(25)22-17-7-5-16(6-8-17)18(24)20-10-11-23-12-14-26-15-13-23/h5-8H,2-4,9-15H2,1H3,(H,20,24)(H2,21,22,25). The average molecular weight is 362 g/mol. The smallest absolute Gasteiger partial charge is 0.319 e. The van der Waals surface area contributed by atoms with Crippen molar-refractivity contribution in [1.29, 1.82) is 0 Å².